The molecule has 1 aliphatic heterocycles. The molecule has 0 aromatic heterocycles. The van der Waals surface area contributed by atoms with Gasteiger partial charge >= 0.3 is 6.18 Å². The second kappa shape index (κ2) is 5.25. The summed E-state index contributed by atoms with van der Waals surface area (Å²) in [5.41, 5.74) is -0.777. The average Bonchev–Trinajstić information content (AvgIpc) is 2.73. The van der Waals surface area contributed by atoms with Gasteiger partial charge < -0.3 is 10.2 Å². The third kappa shape index (κ3) is 3.34. The highest BCUT2D eigenvalue weighted by Crippen LogP contribution is 2.27. The molecule has 17 heavy (non-hydrogen) atoms. The molecule has 0 aliphatic carbocycles. The molecule has 3 nitrogen and oxygen atoms in total. The number of nitrogens with one attached hydrogen (secondary N) is 1. The molecule has 1 aliphatic rings. The molecule has 1 amide bonds. The zero-order chi connectivity index (χ0) is 13.1. The van der Waals surface area contributed by atoms with E-state index >= 15 is 0 Å². The van der Waals surface area contributed by atoms with Crippen LogP contribution in [-0.2, 0) is 4.79 Å². The summed E-state index contributed by atoms with van der Waals surface area (Å²) in [7, 11) is 0. The van der Waals surface area contributed by atoms with Crippen LogP contribution in [0.3, 0.4) is 0 Å². The smallest absolute Gasteiger partial charge is 0.332 e. The number of nitrogens with zero attached hydrogens (tertiary/aromatic N) is 1. The summed E-state index contributed by atoms with van der Waals surface area (Å²) in [6.07, 6.45) is -2.35. The van der Waals surface area contributed by atoms with Gasteiger partial charge in [-0.25, -0.2) is 0 Å². The van der Waals surface area contributed by atoms with Crippen molar-refractivity contribution >= 4 is 5.91 Å². The highest BCUT2D eigenvalue weighted by molar-refractivity contribution is 5.86. The molecular weight excluding hydrogens is 233 g/mol. The van der Waals surface area contributed by atoms with E-state index in [4.69, 9.17) is 0 Å². The van der Waals surface area contributed by atoms with Crippen LogP contribution in [0.2, 0.25) is 0 Å². The minimum absolute atomic E-state index is 0.0851. The van der Waals surface area contributed by atoms with Crippen LogP contribution < -0.4 is 5.32 Å². The van der Waals surface area contributed by atoms with Crippen LogP contribution in [0.15, 0.2) is 0 Å². The fourth-order valence-electron chi connectivity index (χ4n) is 2.29. The van der Waals surface area contributed by atoms with Gasteiger partial charge in [0.25, 0.3) is 0 Å². The molecule has 1 saturated heterocycles. The topological polar surface area (TPSA) is 32.3 Å². The molecular formula is C11H19F3N2O. The number of alkyl halides is 3. The molecule has 0 radical (unpaired) electrons. The number of amides is 1. The molecule has 0 spiro atoms. The maximum atomic E-state index is 12.4. The van der Waals surface area contributed by atoms with E-state index in [0.29, 0.717) is 19.4 Å². The largest absolute Gasteiger partial charge is 0.406 e. The van der Waals surface area contributed by atoms with Gasteiger partial charge in [0.15, 0.2) is 0 Å². The highest BCUT2D eigenvalue weighted by Gasteiger charge is 2.44. The lowest BCUT2D eigenvalue weighted by atomic mass is 9.92. The van der Waals surface area contributed by atoms with Crippen LogP contribution in [0.25, 0.3) is 0 Å². The molecule has 1 atom stereocenters. The van der Waals surface area contributed by atoms with E-state index in [1.54, 1.807) is 6.92 Å². The Bertz CT molecular complexity index is 272. The number of likely N-dealkylation sites (N-methyl/N-ethyl adjacent to an activating group) is 1. The summed E-state index contributed by atoms with van der Waals surface area (Å²) in [5.74, 6) is -0.419. The van der Waals surface area contributed by atoms with E-state index < -0.39 is 24.2 Å². The summed E-state index contributed by atoms with van der Waals surface area (Å²) in [4.78, 5) is 13.1. The van der Waals surface area contributed by atoms with E-state index in [9.17, 15) is 18.0 Å². The molecule has 1 unspecified atom stereocenters. The Hall–Kier alpha value is -0.780. The third-order valence-electron chi connectivity index (χ3n) is 3.30. The highest BCUT2D eigenvalue weighted by atomic mass is 19.4. The standard InChI is InChI=1S/C11H19F3N2O/c1-3-10(6-5-7-15-10)9(17)16(4-2)8-11(12,13)14/h15H,3-8H2,1-2H3. The Morgan fingerprint density at radius 3 is 2.41 bits per heavy atom. The lowest BCUT2D eigenvalue weighted by molar-refractivity contribution is -0.164. The number of carbonyl (C=O) groups excluding carboxylic acids is 1. The SMILES string of the molecule is CCN(CC(F)(F)F)C(=O)C1(CC)CCCN1. The summed E-state index contributed by atoms with van der Waals surface area (Å²) >= 11 is 0. The first-order valence-corrected chi connectivity index (χ1v) is 5.96. The molecule has 0 saturated carbocycles. The quantitative estimate of drug-likeness (QED) is 0.829. The summed E-state index contributed by atoms with van der Waals surface area (Å²) in [6.45, 7) is 3.02. The van der Waals surface area contributed by atoms with Crippen molar-refractivity contribution in [1.82, 2.24) is 10.2 Å². The zero-order valence-electron chi connectivity index (χ0n) is 10.2. The van der Waals surface area contributed by atoms with Crippen molar-refractivity contribution in [3.8, 4) is 0 Å². The van der Waals surface area contributed by atoms with E-state index in [0.717, 1.165) is 11.3 Å². The monoisotopic (exact) mass is 252 g/mol. The van der Waals surface area contributed by atoms with Gasteiger partial charge in [-0.1, -0.05) is 6.92 Å². The van der Waals surface area contributed by atoms with Crippen molar-refractivity contribution in [2.24, 2.45) is 0 Å². The van der Waals surface area contributed by atoms with Gasteiger partial charge in [-0.15, -0.1) is 0 Å². The van der Waals surface area contributed by atoms with Gasteiger partial charge in [0.1, 0.15) is 6.54 Å². The predicted octanol–water partition coefficient (Wildman–Crippen LogP) is 1.93. The molecule has 1 fully saturated rings. The molecule has 6 heteroatoms. The summed E-state index contributed by atoms with van der Waals surface area (Å²) in [6, 6.07) is 0. The molecule has 1 rings (SSSR count). The number of halogens is 3. The van der Waals surface area contributed by atoms with Gasteiger partial charge in [-0.05, 0) is 32.7 Å². The van der Waals surface area contributed by atoms with Crippen LogP contribution in [0.5, 0.6) is 0 Å². The lowest BCUT2D eigenvalue weighted by Gasteiger charge is -2.33. The Morgan fingerprint density at radius 1 is 1.41 bits per heavy atom. The molecule has 0 aromatic rings. The van der Waals surface area contributed by atoms with Crippen molar-refractivity contribution in [2.45, 2.75) is 44.8 Å². The van der Waals surface area contributed by atoms with Crippen molar-refractivity contribution < 1.29 is 18.0 Å². The maximum Gasteiger partial charge on any atom is 0.406 e. The molecule has 0 aromatic carbocycles. The van der Waals surface area contributed by atoms with Crippen LogP contribution in [0.4, 0.5) is 13.2 Å². The Labute approximate surface area is 99.4 Å². The second-order valence-electron chi connectivity index (χ2n) is 4.40. The maximum absolute atomic E-state index is 12.4. The number of rotatable bonds is 4. The molecule has 0 bridgehead atoms. The van der Waals surface area contributed by atoms with Gasteiger partial charge in [0, 0.05) is 6.54 Å². The average molecular weight is 252 g/mol. The van der Waals surface area contributed by atoms with Crippen molar-refractivity contribution in [3.05, 3.63) is 0 Å². The van der Waals surface area contributed by atoms with Gasteiger partial charge in [-0.3, -0.25) is 4.79 Å². The third-order valence-corrected chi connectivity index (χ3v) is 3.30. The predicted molar refractivity (Wildman–Crippen MR) is 58.6 cm³/mol. The minimum atomic E-state index is -4.33. The van der Waals surface area contributed by atoms with Crippen LogP contribution >= 0.6 is 0 Å². The first-order valence-electron chi connectivity index (χ1n) is 5.96. The Kier molecular flexibility index (Phi) is 4.41. The van der Waals surface area contributed by atoms with Gasteiger partial charge in [-0.2, -0.15) is 13.2 Å². The van der Waals surface area contributed by atoms with Crippen molar-refractivity contribution in [1.29, 1.82) is 0 Å². The van der Waals surface area contributed by atoms with E-state index in [1.165, 1.54) is 0 Å². The van der Waals surface area contributed by atoms with Crippen LogP contribution in [0, 0.1) is 0 Å². The molecule has 1 heterocycles. The van der Waals surface area contributed by atoms with E-state index in [1.807, 2.05) is 6.92 Å². The fraction of sp³-hybridized carbons (Fsp3) is 0.909. The van der Waals surface area contributed by atoms with Crippen LogP contribution in [0.1, 0.15) is 33.1 Å². The van der Waals surface area contributed by atoms with E-state index in [-0.39, 0.29) is 6.54 Å². The van der Waals surface area contributed by atoms with E-state index in [2.05, 4.69) is 5.32 Å². The Balaban J connectivity index is 2.77. The van der Waals surface area contributed by atoms with Crippen molar-refractivity contribution in [2.75, 3.05) is 19.6 Å². The summed E-state index contributed by atoms with van der Waals surface area (Å²) < 4.78 is 37.1. The minimum Gasteiger partial charge on any atom is -0.332 e. The normalized spacial score (nSPS) is 25.0. The zero-order valence-corrected chi connectivity index (χ0v) is 10.2. The summed E-state index contributed by atoms with van der Waals surface area (Å²) in [5, 5.41) is 3.06. The number of carbonyl (C=O) groups is 1. The second-order valence-corrected chi connectivity index (χ2v) is 4.40. The number of hydrogen-bond acceptors (Lipinski definition) is 2. The molecule has 100 valence electrons. The Morgan fingerprint density at radius 2 is 2.06 bits per heavy atom. The molecule has 1 N–H and O–H groups in total. The van der Waals surface area contributed by atoms with Crippen molar-refractivity contribution in [3.63, 3.8) is 0 Å². The first-order chi connectivity index (χ1) is 7.84. The van der Waals surface area contributed by atoms with Gasteiger partial charge in [0.05, 0.1) is 5.54 Å². The fourth-order valence-corrected chi connectivity index (χ4v) is 2.29. The first kappa shape index (κ1) is 14.3. The lowest BCUT2D eigenvalue weighted by Crippen LogP contribution is -2.56. The van der Waals surface area contributed by atoms with Crippen LogP contribution in [-0.4, -0.2) is 42.2 Å². The van der Waals surface area contributed by atoms with Gasteiger partial charge in [0.2, 0.25) is 5.91 Å². The number of hydrogen-bond donors (Lipinski definition) is 1.